The van der Waals surface area contributed by atoms with Crippen LogP contribution in [0.2, 0.25) is 10.0 Å². The van der Waals surface area contributed by atoms with Crippen LogP contribution in [0.25, 0.3) is 0 Å². The molecule has 2 rings (SSSR count). The number of aliphatic hydroxyl groups is 1. The number of amides is 1. The molecule has 2 atom stereocenters. The van der Waals surface area contributed by atoms with Crippen LogP contribution in [0.4, 0.5) is 0 Å². The van der Waals surface area contributed by atoms with Gasteiger partial charge in [0.1, 0.15) is 6.04 Å². The zero-order chi connectivity index (χ0) is 23.0. The number of nitrogens with one attached hydrogen (secondary N) is 2. The monoisotopic (exact) mass is 492 g/mol. The Kier molecular flexibility index (Phi) is 9.77. The second-order valence-electron chi connectivity index (χ2n) is 7.23. The van der Waals surface area contributed by atoms with E-state index in [-0.39, 0.29) is 14.9 Å². The normalized spacial score (nSPS) is 16.2. The molecule has 8 nitrogen and oxygen atoms in total. The van der Waals surface area contributed by atoms with Crippen LogP contribution >= 0.6 is 23.2 Å². The minimum absolute atomic E-state index is 0.0152. The third-order valence-electron chi connectivity index (χ3n) is 4.72. The van der Waals surface area contributed by atoms with Crippen molar-refractivity contribution in [3.63, 3.8) is 0 Å². The molecule has 0 saturated carbocycles. The molecule has 0 radical (unpaired) electrons. The van der Waals surface area contributed by atoms with E-state index in [0.29, 0.717) is 6.54 Å². The van der Waals surface area contributed by atoms with E-state index >= 15 is 0 Å². The van der Waals surface area contributed by atoms with Gasteiger partial charge in [-0.15, -0.1) is 0 Å². The predicted molar refractivity (Wildman–Crippen MR) is 117 cm³/mol. The largest absolute Gasteiger partial charge is 0.454 e. The van der Waals surface area contributed by atoms with E-state index in [4.69, 9.17) is 27.9 Å². The molecule has 0 unspecified atom stereocenters. The van der Waals surface area contributed by atoms with Gasteiger partial charge in [-0.05, 0) is 57.2 Å². The van der Waals surface area contributed by atoms with Crippen molar-refractivity contribution in [1.29, 1.82) is 0 Å². The Hall–Kier alpha value is -1.65. The standard InChI is InChI=1S/C20H26Cl2N2O6S/c1-13(25)19(24-31(28,29)15-7-8-16(21)17(22)11-15)20(27)30-12-18(26)23-10-9-14-5-3-2-4-6-14/h5,7-8,11,13,19,24-25H,2-4,6,9-10,12H2,1H3,(H,23,26)/t13-,19-/m0/s1. The molecular formula is C20H26Cl2N2O6S. The van der Waals surface area contributed by atoms with Crippen LogP contribution in [0.1, 0.15) is 39.0 Å². The Labute approximate surface area is 192 Å². The van der Waals surface area contributed by atoms with Gasteiger partial charge in [-0.1, -0.05) is 34.9 Å². The lowest BCUT2D eigenvalue weighted by Crippen LogP contribution is -2.49. The van der Waals surface area contributed by atoms with E-state index in [0.717, 1.165) is 31.7 Å². The summed E-state index contributed by atoms with van der Waals surface area (Å²) in [6.07, 6.45) is 5.93. The molecule has 1 aromatic rings. The summed E-state index contributed by atoms with van der Waals surface area (Å²) in [5.74, 6) is -1.59. The van der Waals surface area contributed by atoms with Crippen molar-refractivity contribution in [2.75, 3.05) is 13.2 Å². The van der Waals surface area contributed by atoms with Crippen LogP contribution in [-0.2, 0) is 24.3 Å². The number of aliphatic hydroxyl groups excluding tert-OH is 1. The number of ether oxygens (including phenoxy) is 1. The van der Waals surface area contributed by atoms with Gasteiger partial charge >= 0.3 is 5.97 Å². The van der Waals surface area contributed by atoms with Gasteiger partial charge in [-0.2, -0.15) is 4.72 Å². The summed E-state index contributed by atoms with van der Waals surface area (Å²) in [4.78, 5) is 24.0. The van der Waals surface area contributed by atoms with Crippen molar-refractivity contribution < 1.29 is 27.9 Å². The summed E-state index contributed by atoms with van der Waals surface area (Å²) in [6, 6.07) is 2.00. The van der Waals surface area contributed by atoms with Gasteiger partial charge in [-0.25, -0.2) is 8.42 Å². The molecule has 0 aromatic heterocycles. The third kappa shape index (κ3) is 8.08. The third-order valence-corrected chi connectivity index (χ3v) is 6.90. The molecule has 1 aliphatic carbocycles. The van der Waals surface area contributed by atoms with Crippen LogP contribution in [0, 0.1) is 0 Å². The Bertz CT molecular complexity index is 934. The van der Waals surface area contributed by atoms with E-state index < -0.39 is 40.7 Å². The average Bonchev–Trinajstić information content (AvgIpc) is 2.72. The van der Waals surface area contributed by atoms with E-state index in [1.165, 1.54) is 31.1 Å². The molecule has 172 valence electrons. The minimum atomic E-state index is -4.21. The van der Waals surface area contributed by atoms with Crippen molar-refractivity contribution >= 4 is 45.1 Å². The predicted octanol–water partition coefficient (Wildman–Crippen LogP) is 2.57. The SMILES string of the molecule is C[C@H](O)[C@H](NS(=O)(=O)c1ccc(Cl)c(Cl)c1)C(=O)OCC(=O)NCCC1=CCCCC1. The number of carbonyl (C=O) groups excluding carboxylic acids is 2. The Balaban J connectivity index is 1.88. The van der Waals surface area contributed by atoms with E-state index in [1.807, 2.05) is 0 Å². The summed E-state index contributed by atoms with van der Waals surface area (Å²) < 4.78 is 32.0. The zero-order valence-electron chi connectivity index (χ0n) is 17.1. The fourth-order valence-corrected chi connectivity index (χ4v) is 4.64. The Morgan fingerprint density at radius 1 is 1.23 bits per heavy atom. The van der Waals surface area contributed by atoms with Crippen molar-refractivity contribution in [3.05, 3.63) is 39.9 Å². The van der Waals surface area contributed by atoms with E-state index in [9.17, 15) is 23.1 Å². The van der Waals surface area contributed by atoms with Gasteiger partial charge in [0.25, 0.3) is 5.91 Å². The molecule has 3 N–H and O–H groups in total. The number of esters is 1. The molecular weight excluding hydrogens is 467 g/mol. The number of rotatable bonds is 10. The maximum atomic E-state index is 12.5. The molecule has 0 heterocycles. The summed E-state index contributed by atoms with van der Waals surface area (Å²) in [6.45, 7) is 1.06. The number of allylic oxidation sites excluding steroid dienone is 1. The van der Waals surface area contributed by atoms with Crippen LogP contribution in [-0.4, -0.2) is 50.7 Å². The highest BCUT2D eigenvalue weighted by Gasteiger charge is 2.31. The Morgan fingerprint density at radius 2 is 1.97 bits per heavy atom. The molecule has 0 fully saturated rings. The summed E-state index contributed by atoms with van der Waals surface area (Å²) in [7, 11) is -4.21. The molecule has 0 saturated heterocycles. The maximum absolute atomic E-state index is 12.5. The molecule has 1 amide bonds. The lowest BCUT2D eigenvalue weighted by atomic mass is 9.97. The smallest absolute Gasteiger partial charge is 0.327 e. The zero-order valence-corrected chi connectivity index (χ0v) is 19.4. The number of carbonyl (C=O) groups is 2. The first-order chi connectivity index (χ1) is 14.6. The quantitative estimate of drug-likeness (QED) is 0.340. The highest BCUT2D eigenvalue weighted by molar-refractivity contribution is 7.89. The van der Waals surface area contributed by atoms with Crippen molar-refractivity contribution in [3.8, 4) is 0 Å². The van der Waals surface area contributed by atoms with Gasteiger partial charge in [0.05, 0.1) is 21.0 Å². The van der Waals surface area contributed by atoms with Gasteiger partial charge in [-0.3, -0.25) is 9.59 Å². The molecule has 11 heteroatoms. The first-order valence-corrected chi connectivity index (χ1v) is 12.1. The fourth-order valence-electron chi connectivity index (χ4n) is 2.99. The van der Waals surface area contributed by atoms with Gasteiger partial charge in [0.15, 0.2) is 6.61 Å². The highest BCUT2D eigenvalue weighted by atomic mass is 35.5. The summed E-state index contributed by atoms with van der Waals surface area (Å²) in [5.41, 5.74) is 1.30. The minimum Gasteiger partial charge on any atom is -0.454 e. The molecule has 0 bridgehead atoms. The first kappa shape index (κ1) is 25.6. The molecule has 31 heavy (non-hydrogen) atoms. The first-order valence-electron chi connectivity index (χ1n) is 9.87. The van der Waals surface area contributed by atoms with Gasteiger partial charge < -0.3 is 15.2 Å². The van der Waals surface area contributed by atoms with Gasteiger partial charge in [0, 0.05) is 6.54 Å². The molecule has 0 aliphatic heterocycles. The van der Waals surface area contributed by atoms with Crippen molar-refractivity contribution in [2.45, 2.75) is 56.1 Å². The fraction of sp³-hybridized carbons (Fsp3) is 0.500. The summed E-state index contributed by atoms with van der Waals surface area (Å²) >= 11 is 11.6. The number of halogens is 2. The van der Waals surface area contributed by atoms with Crippen LogP contribution < -0.4 is 10.0 Å². The van der Waals surface area contributed by atoms with E-state index in [1.54, 1.807) is 0 Å². The van der Waals surface area contributed by atoms with Gasteiger partial charge in [0.2, 0.25) is 10.0 Å². The molecule has 1 aliphatic rings. The lowest BCUT2D eigenvalue weighted by Gasteiger charge is -2.20. The van der Waals surface area contributed by atoms with E-state index in [2.05, 4.69) is 16.1 Å². The Morgan fingerprint density at radius 3 is 2.58 bits per heavy atom. The van der Waals surface area contributed by atoms with Crippen LogP contribution in [0.15, 0.2) is 34.7 Å². The topological polar surface area (TPSA) is 122 Å². The number of benzene rings is 1. The van der Waals surface area contributed by atoms with Crippen molar-refractivity contribution in [2.24, 2.45) is 0 Å². The average molecular weight is 493 g/mol. The number of hydrogen-bond donors (Lipinski definition) is 3. The lowest BCUT2D eigenvalue weighted by molar-refractivity contribution is -0.152. The second-order valence-corrected chi connectivity index (χ2v) is 9.76. The second kappa shape index (κ2) is 11.8. The molecule has 1 aromatic carbocycles. The van der Waals surface area contributed by atoms with Crippen LogP contribution in [0.3, 0.4) is 0 Å². The highest BCUT2D eigenvalue weighted by Crippen LogP contribution is 2.25. The summed E-state index contributed by atoms with van der Waals surface area (Å²) in [5, 5.41) is 12.7. The maximum Gasteiger partial charge on any atom is 0.327 e. The van der Waals surface area contributed by atoms with Crippen molar-refractivity contribution in [1.82, 2.24) is 10.0 Å². The molecule has 0 spiro atoms. The number of hydrogen-bond acceptors (Lipinski definition) is 6. The number of sulfonamides is 1. The van der Waals surface area contributed by atoms with Crippen LogP contribution in [0.5, 0.6) is 0 Å².